The van der Waals surface area contributed by atoms with Crippen LogP contribution in [0.1, 0.15) is 11.3 Å². The van der Waals surface area contributed by atoms with Crippen LogP contribution in [0.5, 0.6) is 0 Å². The van der Waals surface area contributed by atoms with Gasteiger partial charge in [0.15, 0.2) is 5.13 Å². The van der Waals surface area contributed by atoms with E-state index in [1.54, 1.807) is 22.2 Å². The Hall–Kier alpha value is -2.14. The zero-order valence-corrected chi connectivity index (χ0v) is 12.1. The molecule has 2 heterocycles. The number of thiazole rings is 1. The third kappa shape index (κ3) is 3.24. The summed E-state index contributed by atoms with van der Waals surface area (Å²) in [6.45, 7) is 0. The lowest BCUT2D eigenvalue weighted by molar-refractivity contribution is 0.768. The van der Waals surface area contributed by atoms with Gasteiger partial charge in [0.05, 0.1) is 17.6 Å². The van der Waals surface area contributed by atoms with Gasteiger partial charge in [0.25, 0.3) is 0 Å². The Labute approximate surface area is 122 Å². The van der Waals surface area contributed by atoms with E-state index in [0.717, 1.165) is 29.4 Å². The topological polar surface area (TPSA) is 42.7 Å². The van der Waals surface area contributed by atoms with Crippen molar-refractivity contribution >= 4 is 22.2 Å². The van der Waals surface area contributed by atoms with Crippen LogP contribution in [0.25, 0.3) is 0 Å². The zero-order chi connectivity index (χ0) is 13.8. The monoisotopic (exact) mass is 284 g/mol. The summed E-state index contributed by atoms with van der Waals surface area (Å²) in [4.78, 5) is 4.60. The highest BCUT2D eigenvalue weighted by Gasteiger charge is 2.04. The van der Waals surface area contributed by atoms with E-state index in [1.165, 1.54) is 5.56 Å². The molecule has 0 saturated carbocycles. The Bertz CT molecular complexity index is 672. The van der Waals surface area contributed by atoms with Gasteiger partial charge < -0.3 is 5.32 Å². The molecule has 0 aliphatic heterocycles. The molecule has 0 fully saturated rings. The second-order valence-electron chi connectivity index (χ2n) is 4.66. The van der Waals surface area contributed by atoms with Crippen LogP contribution in [0.4, 0.5) is 10.8 Å². The summed E-state index contributed by atoms with van der Waals surface area (Å²) < 4.78 is 1.77. The minimum atomic E-state index is 0.918. The minimum Gasteiger partial charge on any atom is -0.329 e. The van der Waals surface area contributed by atoms with E-state index < -0.39 is 0 Å². The molecule has 3 rings (SSSR count). The van der Waals surface area contributed by atoms with Crippen LogP contribution in [-0.2, 0) is 19.9 Å². The van der Waals surface area contributed by atoms with Gasteiger partial charge in [-0.1, -0.05) is 30.3 Å². The van der Waals surface area contributed by atoms with Crippen LogP contribution in [-0.4, -0.2) is 14.8 Å². The molecule has 0 saturated heterocycles. The molecule has 2 aromatic heterocycles. The number of benzene rings is 1. The summed E-state index contributed by atoms with van der Waals surface area (Å²) in [7, 11) is 1.90. The molecule has 5 heteroatoms. The Morgan fingerprint density at radius 1 is 1.20 bits per heavy atom. The lowest BCUT2D eigenvalue weighted by atomic mass is 10.1. The van der Waals surface area contributed by atoms with Gasteiger partial charge in [-0.25, -0.2) is 4.98 Å². The molecular weight excluding hydrogens is 268 g/mol. The number of aryl methyl sites for hydroxylation is 3. The van der Waals surface area contributed by atoms with Crippen molar-refractivity contribution in [3.8, 4) is 0 Å². The van der Waals surface area contributed by atoms with Crippen LogP contribution in [0.15, 0.2) is 48.1 Å². The summed E-state index contributed by atoms with van der Waals surface area (Å²) in [5.74, 6) is 0. The molecule has 0 atom stereocenters. The first kappa shape index (κ1) is 12.9. The van der Waals surface area contributed by atoms with E-state index in [9.17, 15) is 0 Å². The largest absolute Gasteiger partial charge is 0.329 e. The molecule has 0 unspecified atom stereocenters. The first-order chi connectivity index (χ1) is 9.79. The smallest absolute Gasteiger partial charge is 0.187 e. The number of nitrogens with one attached hydrogen (secondary N) is 1. The highest BCUT2D eigenvalue weighted by Crippen LogP contribution is 2.21. The third-order valence-corrected chi connectivity index (χ3v) is 3.83. The van der Waals surface area contributed by atoms with E-state index in [-0.39, 0.29) is 0 Å². The fraction of sp³-hybridized carbons (Fsp3) is 0.200. The number of hydrogen-bond donors (Lipinski definition) is 1. The van der Waals surface area contributed by atoms with Gasteiger partial charge in [0, 0.05) is 18.6 Å². The Balaban J connectivity index is 1.59. The van der Waals surface area contributed by atoms with Gasteiger partial charge in [0.1, 0.15) is 0 Å². The second kappa shape index (κ2) is 5.88. The molecule has 1 N–H and O–H groups in total. The van der Waals surface area contributed by atoms with Gasteiger partial charge in [-0.3, -0.25) is 4.68 Å². The maximum Gasteiger partial charge on any atom is 0.187 e. The molecule has 0 amide bonds. The van der Waals surface area contributed by atoms with E-state index in [2.05, 4.69) is 45.0 Å². The number of anilines is 2. The second-order valence-corrected chi connectivity index (χ2v) is 5.52. The van der Waals surface area contributed by atoms with Crippen molar-refractivity contribution in [1.82, 2.24) is 14.8 Å². The summed E-state index contributed by atoms with van der Waals surface area (Å²) in [5, 5.41) is 10.4. The lowest BCUT2D eigenvalue weighted by Crippen LogP contribution is -1.93. The van der Waals surface area contributed by atoms with Crippen molar-refractivity contribution in [2.24, 2.45) is 7.05 Å². The molecule has 102 valence electrons. The Morgan fingerprint density at radius 3 is 2.80 bits per heavy atom. The molecule has 3 aromatic rings. The molecule has 20 heavy (non-hydrogen) atoms. The van der Waals surface area contributed by atoms with Crippen LogP contribution in [0.3, 0.4) is 0 Å². The molecule has 1 aromatic carbocycles. The van der Waals surface area contributed by atoms with Crippen molar-refractivity contribution in [2.75, 3.05) is 5.32 Å². The molecule has 0 aliphatic rings. The van der Waals surface area contributed by atoms with Crippen LogP contribution >= 0.6 is 11.3 Å². The van der Waals surface area contributed by atoms with Crippen molar-refractivity contribution in [2.45, 2.75) is 12.8 Å². The number of aromatic nitrogens is 3. The number of nitrogens with zero attached hydrogens (tertiary/aromatic N) is 3. The number of rotatable bonds is 5. The molecular formula is C15H16N4S. The SMILES string of the molecule is Cn1cc(Nc2nc(CCc3ccccc3)cs2)cn1. The highest BCUT2D eigenvalue weighted by molar-refractivity contribution is 7.13. The average Bonchev–Trinajstić information content (AvgIpc) is 3.08. The molecule has 0 aliphatic carbocycles. The van der Waals surface area contributed by atoms with Gasteiger partial charge in [-0.15, -0.1) is 11.3 Å². The summed E-state index contributed by atoms with van der Waals surface area (Å²) in [6.07, 6.45) is 5.72. The third-order valence-electron chi connectivity index (χ3n) is 3.02. The minimum absolute atomic E-state index is 0.918. The lowest BCUT2D eigenvalue weighted by Gasteiger charge is -1.99. The first-order valence-corrected chi connectivity index (χ1v) is 7.41. The van der Waals surface area contributed by atoms with Gasteiger partial charge >= 0.3 is 0 Å². The van der Waals surface area contributed by atoms with Gasteiger partial charge in [-0.2, -0.15) is 5.10 Å². The standard InChI is InChI=1S/C15H16N4S/c1-19-10-14(9-16-19)18-15-17-13(11-20-15)8-7-12-5-3-2-4-6-12/h2-6,9-11H,7-8H2,1H3,(H,17,18). The normalized spacial score (nSPS) is 10.7. The zero-order valence-electron chi connectivity index (χ0n) is 11.3. The van der Waals surface area contributed by atoms with Crippen molar-refractivity contribution in [3.63, 3.8) is 0 Å². The molecule has 0 bridgehead atoms. The van der Waals surface area contributed by atoms with Gasteiger partial charge in [-0.05, 0) is 18.4 Å². The van der Waals surface area contributed by atoms with E-state index in [0.29, 0.717) is 0 Å². The van der Waals surface area contributed by atoms with Crippen LogP contribution in [0, 0.1) is 0 Å². The fourth-order valence-corrected chi connectivity index (χ4v) is 2.77. The molecule has 0 radical (unpaired) electrons. The van der Waals surface area contributed by atoms with Crippen molar-refractivity contribution in [3.05, 3.63) is 59.4 Å². The van der Waals surface area contributed by atoms with E-state index in [4.69, 9.17) is 0 Å². The predicted molar refractivity (Wildman–Crippen MR) is 82.5 cm³/mol. The maximum atomic E-state index is 4.60. The highest BCUT2D eigenvalue weighted by atomic mass is 32.1. The Morgan fingerprint density at radius 2 is 2.05 bits per heavy atom. The van der Waals surface area contributed by atoms with Crippen LogP contribution < -0.4 is 5.32 Å². The fourth-order valence-electron chi connectivity index (χ4n) is 2.01. The number of hydrogen-bond acceptors (Lipinski definition) is 4. The van der Waals surface area contributed by atoms with Crippen LogP contribution in [0.2, 0.25) is 0 Å². The summed E-state index contributed by atoms with van der Waals surface area (Å²) in [5.41, 5.74) is 3.45. The van der Waals surface area contributed by atoms with Crippen molar-refractivity contribution in [1.29, 1.82) is 0 Å². The van der Waals surface area contributed by atoms with Gasteiger partial charge in [0.2, 0.25) is 0 Å². The summed E-state index contributed by atoms with van der Waals surface area (Å²) in [6, 6.07) is 10.5. The molecule has 0 spiro atoms. The predicted octanol–water partition coefficient (Wildman–Crippen LogP) is 3.41. The average molecular weight is 284 g/mol. The maximum absolute atomic E-state index is 4.60. The quantitative estimate of drug-likeness (QED) is 0.781. The first-order valence-electron chi connectivity index (χ1n) is 6.53. The van der Waals surface area contributed by atoms with E-state index >= 15 is 0 Å². The van der Waals surface area contributed by atoms with E-state index in [1.807, 2.05) is 19.3 Å². The summed E-state index contributed by atoms with van der Waals surface area (Å²) >= 11 is 1.63. The van der Waals surface area contributed by atoms with Crippen molar-refractivity contribution < 1.29 is 0 Å². The molecule has 4 nitrogen and oxygen atoms in total. The Kier molecular flexibility index (Phi) is 3.78.